The molecule has 1 saturated heterocycles. The Balaban J connectivity index is 2.80. The summed E-state index contributed by atoms with van der Waals surface area (Å²) in [6, 6.07) is 0. The van der Waals surface area contributed by atoms with Crippen LogP contribution in [0.1, 0.15) is 19.8 Å². The van der Waals surface area contributed by atoms with E-state index in [1.54, 1.807) is 6.92 Å². The van der Waals surface area contributed by atoms with Gasteiger partial charge in [-0.05, 0) is 19.8 Å². The van der Waals surface area contributed by atoms with Crippen LogP contribution < -0.4 is 0 Å². The molecule has 0 bridgehead atoms. The number of aliphatic hydroxyl groups is 1. The molecular formula is C8H13NO4. The molecule has 1 amide bonds. The van der Waals surface area contributed by atoms with Gasteiger partial charge in [0, 0.05) is 6.54 Å². The number of hydrogen-bond donors (Lipinski definition) is 2. The molecule has 0 aromatic carbocycles. The van der Waals surface area contributed by atoms with E-state index in [0.29, 0.717) is 13.0 Å². The molecule has 0 aromatic heterocycles. The van der Waals surface area contributed by atoms with E-state index in [9.17, 15) is 9.59 Å². The van der Waals surface area contributed by atoms with E-state index in [1.807, 2.05) is 0 Å². The molecule has 2 N–H and O–H groups in total. The molecule has 74 valence electrons. The van der Waals surface area contributed by atoms with E-state index in [2.05, 4.69) is 0 Å². The van der Waals surface area contributed by atoms with Crippen molar-refractivity contribution in [3.05, 3.63) is 0 Å². The fourth-order valence-corrected chi connectivity index (χ4v) is 1.65. The highest BCUT2D eigenvalue weighted by Crippen LogP contribution is 2.28. The van der Waals surface area contributed by atoms with Crippen LogP contribution in [0.3, 0.4) is 0 Å². The number of carbonyl (C=O) groups is 2. The smallest absolute Gasteiger partial charge is 0.394 e. The molecule has 0 radical (unpaired) electrons. The predicted octanol–water partition coefficient (Wildman–Crippen LogP) is -0.556. The minimum atomic E-state index is -1.46. The van der Waals surface area contributed by atoms with Crippen molar-refractivity contribution in [2.75, 3.05) is 13.2 Å². The van der Waals surface area contributed by atoms with Gasteiger partial charge in [0.2, 0.25) is 0 Å². The van der Waals surface area contributed by atoms with Crippen molar-refractivity contribution in [3.8, 4) is 0 Å². The third kappa shape index (κ3) is 1.65. The minimum absolute atomic E-state index is 0.188. The van der Waals surface area contributed by atoms with Crippen LogP contribution >= 0.6 is 0 Å². The summed E-state index contributed by atoms with van der Waals surface area (Å²) in [5.41, 5.74) is -0.685. The monoisotopic (exact) mass is 187 g/mol. The van der Waals surface area contributed by atoms with Gasteiger partial charge in [0.05, 0.1) is 12.1 Å². The average Bonchev–Trinajstić information content (AvgIpc) is 2.47. The summed E-state index contributed by atoms with van der Waals surface area (Å²) in [7, 11) is 0. The molecule has 0 spiro atoms. The first kappa shape index (κ1) is 9.98. The molecule has 1 fully saturated rings. The summed E-state index contributed by atoms with van der Waals surface area (Å²) in [5, 5.41) is 17.5. The SMILES string of the molecule is CC1(CO)CCCN1C(=O)C(=O)O. The van der Waals surface area contributed by atoms with Crippen molar-refractivity contribution in [2.45, 2.75) is 25.3 Å². The van der Waals surface area contributed by atoms with Crippen molar-refractivity contribution in [1.29, 1.82) is 0 Å². The van der Waals surface area contributed by atoms with Gasteiger partial charge < -0.3 is 15.1 Å². The standard InChI is InChI=1S/C8H13NO4/c1-8(5-10)3-2-4-9(8)6(11)7(12)13/h10H,2-5H2,1H3,(H,12,13). The Morgan fingerprint density at radius 3 is 2.62 bits per heavy atom. The summed E-state index contributed by atoms with van der Waals surface area (Å²) < 4.78 is 0. The maximum atomic E-state index is 11.1. The molecule has 13 heavy (non-hydrogen) atoms. The Labute approximate surface area is 76.0 Å². The molecular weight excluding hydrogens is 174 g/mol. The normalized spacial score (nSPS) is 27.7. The number of hydrogen-bond acceptors (Lipinski definition) is 3. The van der Waals surface area contributed by atoms with Crippen LogP contribution in [0.2, 0.25) is 0 Å². The zero-order valence-corrected chi connectivity index (χ0v) is 7.49. The molecule has 1 atom stereocenters. The number of aliphatic carboxylic acids is 1. The Bertz CT molecular complexity index is 240. The number of carbonyl (C=O) groups excluding carboxylic acids is 1. The van der Waals surface area contributed by atoms with E-state index in [-0.39, 0.29) is 6.61 Å². The fourth-order valence-electron chi connectivity index (χ4n) is 1.65. The van der Waals surface area contributed by atoms with Crippen LogP contribution in [0.5, 0.6) is 0 Å². The highest BCUT2D eigenvalue weighted by atomic mass is 16.4. The molecule has 5 nitrogen and oxygen atoms in total. The predicted molar refractivity (Wildman–Crippen MR) is 44.1 cm³/mol. The summed E-state index contributed by atoms with van der Waals surface area (Å²) in [6.45, 7) is 1.93. The van der Waals surface area contributed by atoms with Crippen LogP contribution in [0.25, 0.3) is 0 Å². The first-order chi connectivity index (χ1) is 6.01. The van der Waals surface area contributed by atoms with Crippen molar-refractivity contribution < 1.29 is 19.8 Å². The van der Waals surface area contributed by atoms with Crippen molar-refractivity contribution in [3.63, 3.8) is 0 Å². The van der Waals surface area contributed by atoms with Gasteiger partial charge in [-0.3, -0.25) is 4.79 Å². The lowest BCUT2D eigenvalue weighted by atomic mass is 10.0. The Hall–Kier alpha value is -1.10. The summed E-state index contributed by atoms with van der Waals surface area (Å²) in [5.74, 6) is -2.38. The summed E-state index contributed by atoms with van der Waals surface area (Å²) >= 11 is 0. The Morgan fingerprint density at radius 2 is 2.15 bits per heavy atom. The number of amides is 1. The number of aliphatic hydroxyl groups excluding tert-OH is 1. The molecule has 1 aliphatic heterocycles. The van der Waals surface area contributed by atoms with Crippen LogP contribution in [-0.4, -0.2) is 45.7 Å². The lowest BCUT2D eigenvalue weighted by molar-refractivity contribution is -0.158. The Kier molecular flexibility index (Phi) is 2.56. The highest BCUT2D eigenvalue weighted by molar-refractivity contribution is 6.31. The summed E-state index contributed by atoms with van der Waals surface area (Å²) in [4.78, 5) is 22.8. The second kappa shape index (κ2) is 3.33. The lowest BCUT2D eigenvalue weighted by Gasteiger charge is -2.32. The number of carboxylic acid groups (broad SMARTS) is 1. The van der Waals surface area contributed by atoms with E-state index in [0.717, 1.165) is 6.42 Å². The van der Waals surface area contributed by atoms with Gasteiger partial charge in [-0.25, -0.2) is 4.79 Å². The zero-order chi connectivity index (χ0) is 10.1. The number of nitrogens with zero attached hydrogens (tertiary/aromatic N) is 1. The second-order valence-electron chi connectivity index (χ2n) is 3.52. The topological polar surface area (TPSA) is 77.8 Å². The first-order valence-electron chi connectivity index (χ1n) is 4.17. The van der Waals surface area contributed by atoms with Crippen molar-refractivity contribution >= 4 is 11.9 Å². The molecule has 1 heterocycles. The fraction of sp³-hybridized carbons (Fsp3) is 0.750. The van der Waals surface area contributed by atoms with Crippen molar-refractivity contribution in [1.82, 2.24) is 4.90 Å². The molecule has 5 heteroatoms. The van der Waals surface area contributed by atoms with Crippen molar-refractivity contribution in [2.24, 2.45) is 0 Å². The zero-order valence-electron chi connectivity index (χ0n) is 7.49. The van der Waals surface area contributed by atoms with E-state index < -0.39 is 17.4 Å². The van der Waals surface area contributed by atoms with E-state index in [1.165, 1.54) is 4.90 Å². The molecule has 0 aromatic rings. The average molecular weight is 187 g/mol. The molecule has 1 aliphatic rings. The van der Waals surface area contributed by atoms with Crippen LogP contribution in [0.15, 0.2) is 0 Å². The largest absolute Gasteiger partial charge is 0.474 e. The minimum Gasteiger partial charge on any atom is -0.474 e. The van der Waals surface area contributed by atoms with Gasteiger partial charge >= 0.3 is 11.9 Å². The molecule has 1 unspecified atom stereocenters. The first-order valence-corrected chi connectivity index (χ1v) is 4.17. The van der Waals surface area contributed by atoms with Crippen LogP contribution in [0, 0.1) is 0 Å². The third-order valence-corrected chi connectivity index (χ3v) is 2.52. The van der Waals surface area contributed by atoms with E-state index in [4.69, 9.17) is 10.2 Å². The lowest BCUT2D eigenvalue weighted by Crippen LogP contribution is -2.50. The number of carboxylic acids is 1. The number of likely N-dealkylation sites (tertiary alicyclic amines) is 1. The quantitative estimate of drug-likeness (QED) is 0.540. The number of rotatable bonds is 1. The Morgan fingerprint density at radius 1 is 1.54 bits per heavy atom. The van der Waals surface area contributed by atoms with Gasteiger partial charge in [-0.1, -0.05) is 0 Å². The molecule has 1 rings (SSSR count). The molecule has 0 saturated carbocycles. The van der Waals surface area contributed by atoms with Gasteiger partial charge in [0.25, 0.3) is 0 Å². The van der Waals surface area contributed by atoms with Crippen LogP contribution in [0.4, 0.5) is 0 Å². The van der Waals surface area contributed by atoms with E-state index >= 15 is 0 Å². The third-order valence-electron chi connectivity index (χ3n) is 2.52. The second-order valence-corrected chi connectivity index (χ2v) is 3.52. The highest BCUT2D eigenvalue weighted by Gasteiger charge is 2.41. The maximum absolute atomic E-state index is 11.1. The van der Waals surface area contributed by atoms with Gasteiger partial charge in [0.15, 0.2) is 0 Å². The molecule has 0 aliphatic carbocycles. The van der Waals surface area contributed by atoms with Gasteiger partial charge in [-0.2, -0.15) is 0 Å². The summed E-state index contributed by atoms with van der Waals surface area (Å²) in [6.07, 6.45) is 1.40. The maximum Gasteiger partial charge on any atom is 0.394 e. The van der Waals surface area contributed by atoms with Crippen LogP contribution in [-0.2, 0) is 9.59 Å². The van der Waals surface area contributed by atoms with Gasteiger partial charge in [-0.15, -0.1) is 0 Å². The van der Waals surface area contributed by atoms with Gasteiger partial charge in [0.1, 0.15) is 0 Å².